The second-order valence-corrected chi connectivity index (χ2v) is 12.8. The number of carboxylic acid groups (broad SMARTS) is 1. The van der Waals surface area contributed by atoms with Gasteiger partial charge in [-0.25, -0.2) is 13.2 Å². The van der Waals surface area contributed by atoms with E-state index in [-0.39, 0.29) is 24.4 Å². The quantitative estimate of drug-likeness (QED) is 0.176. The van der Waals surface area contributed by atoms with Gasteiger partial charge < -0.3 is 9.84 Å². The van der Waals surface area contributed by atoms with E-state index in [4.69, 9.17) is 4.74 Å². The third-order valence-electron chi connectivity index (χ3n) is 7.03. The molecule has 1 heterocycles. The molecule has 5 aromatic rings. The van der Waals surface area contributed by atoms with Gasteiger partial charge in [0.1, 0.15) is 11.4 Å². The number of carbonyl (C=O) groups is 1. The number of aryl methyl sites for hydroxylation is 2. The van der Waals surface area contributed by atoms with Gasteiger partial charge in [0.2, 0.25) is 10.0 Å². The fourth-order valence-electron chi connectivity index (χ4n) is 4.91. The van der Waals surface area contributed by atoms with E-state index >= 15 is 0 Å². The van der Waals surface area contributed by atoms with Crippen molar-refractivity contribution in [1.82, 2.24) is 13.9 Å². The predicted octanol–water partition coefficient (Wildman–Crippen LogP) is 6.29. The van der Waals surface area contributed by atoms with Crippen LogP contribution in [0.5, 0.6) is 5.75 Å². The molecule has 220 valence electrons. The zero-order valence-electron chi connectivity index (χ0n) is 23.8. The van der Waals surface area contributed by atoms with Gasteiger partial charge in [0.25, 0.3) is 0 Å². The summed E-state index contributed by atoms with van der Waals surface area (Å²) in [5, 5.41) is 15.8. The first-order valence-corrected chi connectivity index (χ1v) is 15.9. The van der Waals surface area contributed by atoms with Gasteiger partial charge in [-0.3, -0.25) is 0 Å². The standard InChI is InChI=1S/C33H31N3O5S2/c1-23-17-27(18-24(2)32(23)41-31(33(37)38)19-25-9-5-3-6-10-25)21-36(43(39,40)29-11-7-4-8-12-29)20-26-13-15-28(16-14-26)30-22-42-35-34-30/h3-18,22,31H,19-21H2,1-2H3,(H,37,38). The second kappa shape index (κ2) is 13.3. The molecule has 0 saturated heterocycles. The van der Waals surface area contributed by atoms with Gasteiger partial charge in [-0.2, -0.15) is 4.31 Å². The number of ether oxygens (including phenoxy) is 1. The maximum Gasteiger partial charge on any atom is 0.345 e. The molecular formula is C33H31N3O5S2. The van der Waals surface area contributed by atoms with Crippen LogP contribution in [-0.2, 0) is 34.3 Å². The molecule has 4 aromatic carbocycles. The van der Waals surface area contributed by atoms with Gasteiger partial charge in [0, 0.05) is 30.5 Å². The zero-order chi connectivity index (χ0) is 30.4. The van der Waals surface area contributed by atoms with Crippen molar-refractivity contribution in [3.05, 3.63) is 130 Å². The van der Waals surface area contributed by atoms with Gasteiger partial charge in [0.15, 0.2) is 6.10 Å². The number of aromatic nitrogens is 2. The number of carboxylic acids is 1. The molecular weight excluding hydrogens is 583 g/mol. The monoisotopic (exact) mass is 613 g/mol. The van der Waals surface area contributed by atoms with Gasteiger partial charge in [0.05, 0.1) is 4.90 Å². The highest BCUT2D eigenvalue weighted by Gasteiger charge is 2.26. The lowest BCUT2D eigenvalue weighted by Crippen LogP contribution is -2.31. The summed E-state index contributed by atoms with van der Waals surface area (Å²) in [6.07, 6.45) is -0.846. The molecule has 43 heavy (non-hydrogen) atoms. The summed E-state index contributed by atoms with van der Waals surface area (Å²) in [5.41, 5.74) is 5.59. The Morgan fingerprint density at radius 1 is 0.860 bits per heavy atom. The lowest BCUT2D eigenvalue weighted by Gasteiger charge is -2.24. The number of hydrogen-bond acceptors (Lipinski definition) is 7. The molecule has 8 nitrogen and oxygen atoms in total. The third kappa shape index (κ3) is 7.34. The van der Waals surface area contributed by atoms with Crippen LogP contribution in [0.15, 0.2) is 107 Å². The largest absolute Gasteiger partial charge is 0.478 e. The number of rotatable bonds is 12. The van der Waals surface area contributed by atoms with E-state index in [0.29, 0.717) is 5.75 Å². The predicted molar refractivity (Wildman–Crippen MR) is 166 cm³/mol. The first-order chi connectivity index (χ1) is 20.7. The Bertz CT molecular complexity index is 1760. The maximum absolute atomic E-state index is 13.8. The van der Waals surface area contributed by atoms with Gasteiger partial charge in [-0.1, -0.05) is 89.4 Å². The SMILES string of the molecule is Cc1cc(CN(Cc2ccc(-c3csnn3)cc2)S(=O)(=O)c2ccccc2)cc(C)c1OC(Cc1ccccc1)C(=O)O. The van der Waals surface area contributed by atoms with Crippen molar-refractivity contribution >= 4 is 27.5 Å². The average molecular weight is 614 g/mol. The van der Waals surface area contributed by atoms with E-state index in [0.717, 1.165) is 39.1 Å². The average Bonchev–Trinajstić information content (AvgIpc) is 3.54. The summed E-state index contributed by atoms with van der Waals surface area (Å²) in [4.78, 5) is 12.3. The van der Waals surface area contributed by atoms with E-state index in [9.17, 15) is 18.3 Å². The summed E-state index contributed by atoms with van der Waals surface area (Å²) >= 11 is 1.27. The lowest BCUT2D eigenvalue weighted by molar-refractivity contribution is -0.145. The van der Waals surface area contributed by atoms with Crippen molar-refractivity contribution in [1.29, 1.82) is 0 Å². The minimum atomic E-state index is -3.85. The Morgan fingerprint density at radius 3 is 2.05 bits per heavy atom. The molecule has 0 aliphatic heterocycles. The summed E-state index contributed by atoms with van der Waals surface area (Å²) < 4.78 is 39.1. The fraction of sp³-hybridized carbons (Fsp3) is 0.182. The zero-order valence-corrected chi connectivity index (χ0v) is 25.4. The minimum absolute atomic E-state index is 0.114. The van der Waals surface area contributed by atoms with Gasteiger partial charge in [-0.15, -0.1) is 5.10 Å². The van der Waals surface area contributed by atoms with Crippen molar-refractivity contribution < 1.29 is 23.1 Å². The Kier molecular flexibility index (Phi) is 9.30. The smallest absolute Gasteiger partial charge is 0.345 e. The Labute approximate surface area is 255 Å². The molecule has 0 amide bonds. The highest BCUT2D eigenvalue weighted by molar-refractivity contribution is 7.89. The van der Waals surface area contributed by atoms with E-state index < -0.39 is 22.1 Å². The molecule has 10 heteroatoms. The van der Waals surface area contributed by atoms with Gasteiger partial charge >= 0.3 is 5.97 Å². The van der Waals surface area contributed by atoms with Crippen LogP contribution in [0, 0.1) is 13.8 Å². The molecule has 1 unspecified atom stereocenters. The molecule has 1 aromatic heterocycles. The van der Waals surface area contributed by atoms with E-state index in [1.165, 1.54) is 15.8 Å². The maximum atomic E-state index is 13.8. The number of benzene rings is 4. The van der Waals surface area contributed by atoms with Crippen LogP contribution < -0.4 is 4.74 Å². The summed E-state index contributed by atoms with van der Waals surface area (Å²) in [6.45, 7) is 3.95. The first-order valence-electron chi connectivity index (χ1n) is 13.7. The molecule has 0 radical (unpaired) electrons. The van der Waals surface area contributed by atoms with Crippen LogP contribution in [0.2, 0.25) is 0 Å². The highest BCUT2D eigenvalue weighted by atomic mass is 32.2. The summed E-state index contributed by atoms with van der Waals surface area (Å²) in [7, 11) is -3.85. The molecule has 0 aliphatic rings. The van der Waals surface area contributed by atoms with Crippen LogP contribution in [0.4, 0.5) is 0 Å². The lowest BCUT2D eigenvalue weighted by atomic mass is 10.0. The molecule has 0 spiro atoms. The molecule has 0 fully saturated rings. The van der Waals surface area contributed by atoms with Crippen LogP contribution >= 0.6 is 11.5 Å². The van der Waals surface area contributed by atoms with Crippen molar-refractivity contribution in [2.75, 3.05) is 0 Å². The van der Waals surface area contributed by atoms with E-state index in [1.54, 1.807) is 30.3 Å². The number of sulfonamides is 1. The number of aliphatic carboxylic acids is 1. The van der Waals surface area contributed by atoms with Crippen molar-refractivity contribution in [2.24, 2.45) is 0 Å². The van der Waals surface area contributed by atoms with Crippen LogP contribution in [0.25, 0.3) is 11.3 Å². The van der Waals surface area contributed by atoms with Crippen LogP contribution in [0.3, 0.4) is 0 Å². The van der Waals surface area contributed by atoms with Crippen molar-refractivity contribution in [3.8, 4) is 17.0 Å². The number of hydrogen-bond donors (Lipinski definition) is 1. The molecule has 0 bridgehead atoms. The highest BCUT2D eigenvalue weighted by Crippen LogP contribution is 2.29. The Morgan fingerprint density at radius 2 is 1.47 bits per heavy atom. The molecule has 0 aliphatic carbocycles. The summed E-state index contributed by atoms with van der Waals surface area (Å²) in [6, 6.07) is 29.0. The fourth-order valence-corrected chi connectivity index (χ4v) is 6.82. The first kappa shape index (κ1) is 30.1. The Hall–Kier alpha value is -4.38. The van der Waals surface area contributed by atoms with E-state index in [2.05, 4.69) is 9.59 Å². The third-order valence-corrected chi connectivity index (χ3v) is 9.34. The van der Waals surface area contributed by atoms with Crippen LogP contribution in [-0.4, -0.2) is 39.5 Å². The topological polar surface area (TPSA) is 110 Å². The number of nitrogens with zero attached hydrogens (tertiary/aromatic N) is 3. The molecule has 5 rings (SSSR count). The Balaban J connectivity index is 1.41. The van der Waals surface area contributed by atoms with Crippen molar-refractivity contribution in [3.63, 3.8) is 0 Å². The van der Waals surface area contributed by atoms with E-state index in [1.807, 2.05) is 86.0 Å². The normalized spacial score (nSPS) is 12.3. The minimum Gasteiger partial charge on any atom is -0.478 e. The molecule has 1 N–H and O–H groups in total. The van der Waals surface area contributed by atoms with Gasteiger partial charge in [-0.05, 0) is 65.3 Å². The second-order valence-electron chi connectivity index (χ2n) is 10.3. The van der Waals surface area contributed by atoms with Crippen molar-refractivity contribution in [2.45, 2.75) is 44.4 Å². The summed E-state index contributed by atoms with van der Waals surface area (Å²) in [5.74, 6) is -0.569. The molecule has 0 saturated carbocycles. The van der Waals surface area contributed by atoms with Crippen LogP contribution in [0.1, 0.15) is 27.8 Å². The molecule has 1 atom stereocenters.